The number of ketones is 1. The third-order valence-electron chi connectivity index (χ3n) is 2.96. The molecule has 3 heteroatoms. The summed E-state index contributed by atoms with van der Waals surface area (Å²) in [5.41, 5.74) is 1.47. The molecule has 1 nitrogen and oxygen atoms in total. The maximum atomic E-state index is 12.8. The van der Waals surface area contributed by atoms with Gasteiger partial charge in [-0.3, -0.25) is 4.79 Å². The monoisotopic (exact) mass is 326 g/mol. The summed E-state index contributed by atoms with van der Waals surface area (Å²) in [6.07, 6.45) is 3.73. The predicted molar refractivity (Wildman–Crippen MR) is 98.2 cm³/mol. The summed E-state index contributed by atoms with van der Waals surface area (Å²) in [5, 5.41) is 0. The van der Waals surface area contributed by atoms with Crippen LogP contribution in [0.5, 0.6) is 0 Å². The lowest BCUT2D eigenvalue weighted by atomic mass is 10.0. The zero-order chi connectivity index (χ0) is 15.8. The summed E-state index contributed by atoms with van der Waals surface area (Å²) in [6, 6.07) is 15.3. The Hall–Kier alpha value is -1.71. The molecule has 22 heavy (non-hydrogen) atoms. The first-order valence-corrected chi connectivity index (χ1v) is 8.95. The van der Waals surface area contributed by atoms with Gasteiger partial charge in [-0.15, -0.1) is 36.7 Å². The molecular weight excluding hydrogens is 308 g/mol. The SMILES string of the molecule is C=CCSc1cccc(C(=O)c2ccccc2)c1SCC=C. The highest BCUT2D eigenvalue weighted by molar-refractivity contribution is 8.02. The second-order valence-electron chi connectivity index (χ2n) is 4.53. The molecule has 0 saturated heterocycles. The van der Waals surface area contributed by atoms with Gasteiger partial charge in [0.15, 0.2) is 5.78 Å². The predicted octanol–water partition coefficient (Wildman–Crippen LogP) is 5.47. The van der Waals surface area contributed by atoms with Gasteiger partial charge in [0.2, 0.25) is 0 Å². The molecule has 0 N–H and O–H groups in total. The van der Waals surface area contributed by atoms with Gasteiger partial charge in [-0.2, -0.15) is 0 Å². The van der Waals surface area contributed by atoms with Crippen molar-refractivity contribution in [3.8, 4) is 0 Å². The van der Waals surface area contributed by atoms with E-state index in [1.54, 1.807) is 23.5 Å². The lowest BCUT2D eigenvalue weighted by Crippen LogP contribution is -2.04. The van der Waals surface area contributed by atoms with E-state index in [1.807, 2.05) is 54.6 Å². The molecule has 0 spiro atoms. The molecule has 0 amide bonds. The number of rotatable bonds is 8. The van der Waals surface area contributed by atoms with Crippen LogP contribution in [0.3, 0.4) is 0 Å². The first kappa shape index (κ1) is 16.7. The van der Waals surface area contributed by atoms with E-state index >= 15 is 0 Å². The topological polar surface area (TPSA) is 17.1 Å². The van der Waals surface area contributed by atoms with E-state index in [-0.39, 0.29) is 5.78 Å². The Morgan fingerprint density at radius 1 is 0.909 bits per heavy atom. The minimum Gasteiger partial charge on any atom is -0.289 e. The highest BCUT2D eigenvalue weighted by atomic mass is 32.2. The Labute approximate surface area is 140 Å². The van der Waals surface area contributed by atoms with Crippen molar-refractivity contribution >= 4 is 29.3 Å². The number of thioether (sulfide) groups is 2. The molecular formula is C19H18OS2. The van der Waals surface area contributed by atoms with Crippen LogP contribution in [0.25, 0.3) is 0 Å². The van der Waals surface area contributed by atoms with Crippen molar-refractivity contribution in [3.63, 3.8) is 0 Å². The summed E-state index contributed by atoms with van der Waals surface area (Å²) >= 11 is 3.35. The minimum atomic E-state index is 0.0632. The van der Waals surface area contributed by atoms with Crippen molar-refractivity contribution < 1.29 is 4.79 Å². The highest BCUT2D eigenvalue weighted by Gasteiger charge is 2.16. The first-order chi connectivity index (χ1) is 10.8. The zero-order valence-corrected chi connectivity index (χ0v) is 14.0. The number of benzene rings is 2. The standard InChI is InChI=1S/C19H18OS2/c1-3-13-21-17-12-8-11-16(19(17)22-14-4-2)18(20)15-9-6-5-7-10-15/h3-12H,1-2,13-14H2. The molecule has 0 bridgehead atoms. The van der Waals surface area contributed by atoms with E-state index in [0.717, 1.165) is 26.9 Å². The van der Waals surface area contributed by atoms with Crippen molar-refractivity contribution in [2.75, 3.05) is 11.5 Å². The Bertz CT molecular complexity index is 662. The Morgan fingerprint density at radius 2 is 1.59 bits per heavy atom. The van der Waals surface area contributed by atoms with Gasteiger partial charge >= 0.3 is 0 Å². The molecule has 2 aromatic rings. The number of carbonyl (C=O) groups is 1. The Morgan fingerprint density at radius 3 is 2.27 bits per heavy atom. The van der Waals surface area contributed by atoms with Gasteiger partial charge in [-0.05, 0) is 12.1 Å². The van der Waals surface area contributed by atoms with Gasteiger partial charge in [0, 0.05) is 32.4 Å². The minimum absolute atomic E-state index is 0.0632. The van der Waals surface area contributed by atoms with Crippen LogP contribution >= 0.6 is 23.5 Å². The summed E-state index contributed by atoms with van der Waals surface area (Å²) in [6.45, 7) is 7.53. The molecule has 0 aliphatic rings. The molecule has 0 heterocycles. The van der Waals surface area contributed by atoms with Gasteiger partial charge in [-0.25, -0.2) is 0 Å². The van der Waals surface area contributed by atoms with Crippen LogP contribution in [-0.2, 0) is 0 Å². The quantitative estimate of drug-likeness (QED) is 0.363. The Balaban J connectivity index is 2.42. The zero-order valence-electron chi connectivity index (χ0n) is 12.3. The molecule has 0 saturated carbocycles. The molecule has 112 valence electrons. The van der Waals surface area contributed by atoms with Crippen molar-refractivity contribution in [1.82, 2.24) is 0 Å². The lowest BCUT2D eigenvalue weighted by molar-refractivity contribution is 0.103. The van der Waals surface area contributed by atoms with Gasteiger partial charge in [0.1, 0.15) is 0 Å². The molecule has 0 unspecified atom stereocenters. The number of carbonyl (C=O) groups excluding carboxylic acids is 1. The molecule has 0 atom stereocenters. The lowest BCUT2D eigenvalue weighted by Gasteiger charge is -2.12. The molecule has 0 aliphatic carbocycles. The second kappa shape index (κ2) is 8.66. The molecule has 0 aromatic heterocycles. The van der Waals surface area contributed by atoms with Gasteiger partial charge < -0.3 is 0 Å². The van der Waals surface area contributed by atoms with E-state index in [4.69, 9.17) is 0 Å². The number of hydrogen-bond donors (Lipinski definition) is 0. The second-order valence-corrected chi connectivity index (χ2v) is 6.62. The van der Waals surface area contributed by atoms with Crippen LogP contribution in [0.4, 0.5) is 0 Å². The largest absolute Gasteiger partial charge is 0.289 e. The molecule has 0 aliphatic heterocycles. The number of hydrogen-bond acceptors (Lipinski definition) is 3. The summed E-state index contributed by atoms with van der Waals surface area (Å²) in [7, 11) is 0. The van der Waals surface area contributed by atoms with E-state index in [2.05, 4.69) is 19.2 Å². The van der Waals surface area contributed by atoms with Crippen LogP contribution in [-0.4, -0.2) is 17.3 Å². The van der Waals surface area contributed by atoms with Crippen molar-refractivity contribution in [2.45, 2.75) is 9.79 Å². The maximum absolute atomic E-state index is 12.8. The normalized spacial score (nSPS) is 10.2. The highest BCUT2D eigenvalue weighted by Crippen LogP contribution is 2.35. The van der Waals surface area contributed by atoms with Gasteiger partial charge in [0.25, 0.3) is 0 Å². The summed E-state index contributed by atoms with van der Waals surface area (Å²) in [4.78, 5) is 14.9. The third kappa shape index (κ3) is 4.15. The summed E-state index contributed by atoms with van der Waals surface area (Å²) < 4.78 is 0. The van der Waals surface area contributed by atoms with E-state index < -0.39 is 0 Å². The van der Waals surface area contributed by atoms with Crippen molar-refractivity contribution in [3.05, 3.63) is 85.0 Å². The fourth-order valence-electron chi connectivity index (χ4n) is 1.99. The van der Waals surface area contributed by atoms with Crippen LogP contribution in [0.15, 0.2) is 83.6 Å². The first-order valence-electron chi connectivity index (χ1n) is 6.98. The van der Waals surface area contributed by atoms with Crippen molar-refractivity contribution in [2.24, 2.45) is 0 Å². The van der Waals surface area contributed by atoms with Crippen LogP contribution in [0.2, 0.25) is 0 Å². The average molecular weight is 326 g/mol. The average Bonchev–Trinajstić information content (AvgIpc) is 2.58. The van der Waals surface area contributed by atoms with Gasteiger partial charge in [-0.1, -0.05) is 48.6 Å². The molecule has 0 radical (unpaired) electrons. The molecule has 2 aromatic carbocycles. The molecule has 2 rings (SSSR count). The van der Waals surface area contributed by atoms with E-state index in [0.29, 0.717) is 5.56 Å². The Kier molecular flexibility index (Phi) is 6.56. The fraction of sp³-hybridized carbons (Fsp3) is 0.105. The van der Waals surface area contributed by atoms with Gasteiger partial charge in [0.05, 0.1) is 0 Å². The van der Waals surface area contributed by atoms with E-state index in [9.17, 15) is 4.79 Å². The van der Waals surface area contributed by atoms with E-state index in [1.165, 1.54) is 0 Å². The van der Waals surface area contributed by atoms with Crippen molar-refractivity contribution in [1.29, 1.82) is 0 Å². The maximum Gasteiger partial charge on any atom is 0.194 e. The van der Waals surface area contributed by atoms with Crippen LogP contribution in [0, 0.1) is 0 Å². The fourth-order valence-corrected chi connectivity index (χ4v) is 3.87. The third-order valence-corrected chi connectivity index (χ3v) is 5.28. The van der Waals surface area contributed by atoms with Crippen LogP contribution < -0.4 is 0 Å². The summed E-state index contributed by atoms with van der Waals surface area (Å²) in [5.74, 6) is 1.67. The molecule has 0 fully saturated rings. The van der Waals surface area contributed by atoms with Crippen LogP contribution in [0.1, 0.15) is 15.9 Å². The smallest absolute Gasteiger partial charge is 0.194 e.